The highest BCUT2D eigenvalue weighted by atomic mass is 35.5. The number of benzene rings is 1. The zero-order valence-electron chi connectivity index (χ0n) is 8.80. The van der Waals surface area contributed by atoms with Crippen molar-refractivity contribution in [1.82, 2.24) is 0 Å². The molecule has 0 atom stereocenters. The lowest BCUT2D eigenvalue weighted by Crippen LogP contribution is -2.17. The van der Waals surface area contributed by atoms with Crippen molar-refractivity contribution in [1.29, 1.82) is 0 Å². The number of sulfonamides is 1. The largest absolute Gasteiger partial charge is 0.284 e. The van der Waals surface area contributed by atoms with Crippen LogP contribution < -0.4 is 5.14 Å². The Hall–Kier alpha value is -0.540. The van der Waals surface area contributed by atoms with Gasteiger partial charge in [0.25, 0.3) is 5.69 Å². The quantitative estimate of drug-likeness (QED) is 0.506. The van der Waals surface area contributed by atoms with Crippen LogP contribution in [0.15, 0.2) is 17.0 Å². The predicted octanol–water partition coefficient (Wildman–Crippen LogP) is 2.28. The molecular formula is C8H8Cl2N2O4S2. The molecule has 0 saturated carbocycles. The molecule has 1 aromatic rings. The van der Waals surface area contributed by atoms with Crippen molar-refractivity contribution in [3.63, 3.8) is 0 Å². The minimum Gasteiger partial charge on any atom is -0.258 e. The van der Waals surface area contributed by atoms with Crippen LogP contribution in [-0.4, -0.2) is 24.8 Å². The van der Waals surface area contributed by atoms with E-state index in [4.69, 9.17) is 28.3 Å². The van der Waals surface area contributed by atoms with Crippen molar-refractivity contribution in [2.75, 3.05) is 11.5 Å². The number of hydrogen-bond donors (Lipinski definition) is 1. The van der Waals surface area contributed by atoms with Gasteiger partial charge < -0.3 is 0 Å². The minimum absolute atomic E-state index is 0.0687. The van der Waals surface area contributed by atoms with Crippen LogP contribution in [0.1, 0.15) is 0 Å². The number of hydrogen-bond acceptors (Lipinski definition) is 5. The predicted molar refractivity (Wildman–Crippen MR) is 71.8 cm³/mol. The standard InChI is InChI=1S/C8H8Cl2N2O4S2/c9-5-3-7(12(13)14)8(4-6(5)10)17-1-2-18(11,15)16/h3-4H,1-2H2,(H2,11,15,16). The first-order valence-electron chi connectivity index (χ1n) is 4.47. The molecule has 0 heterocycles. The van der Waals surface area contributed by atoms with Crippen LogP contribution in [0.5, 0.6) is 0 Å². The van der Waals surface area contributed by atoms with Crippen LogP contribution in [0.4, 0.5) is 5.69 Å². The SMILES string of the molecule is NS(=O)(=O)CCSc1cc(Cl)c(Cl)cc1[N+](=O)[O-]. The summed E-state index contributed by atoms with van der Waals surface area (Å²) in [5.74, 6) is -0.188. The van der Waals surface area contributed by atoms with Crippen LogP contribution in [0.2, 0.25) is 10.0 Å². The van der Waals surface area contributed by atoms with Gasteiger partial charge >= 0.3 is 0 Å². The molecule has 18 heavy (non-hydrogen) atoms. The van der Waals surface area contributed by atoms with Crippen molar-refractivity contribution < 1.29 is 13.3 Å². The van der Waals surface area contributed by atoms with Crippen molar-refractivity contribution in [2.45, 2.75) is 4.90 Å². The van der Waals surface area contributed by atoms with Crippen LogP contribution in [0.25, 0.3) is 0 Å². The second kappa shape index (κ2) is 6.07. The zero-order valence-corrected chi connectivity index (χ0v) is 11.9. The van der Waals surface area contributed by atoms with E-state index in [0.717, 1.165) is 17.8 Å². The summed E-state index contributed by atoms with van der Waals surface area (Å²) in [5.41, 5.74) is -0.219. The van der Waals surface area contributed by atoms with Crippen LogP contribution in [-0.2, 0) is 10.0 Å². The zero-order chi connectivity index (χ0) is 13.9. The lowest BCUT2D eigenvalue weighted by atomic mass is 10.3. The molecule has 0 spiro atoms. The third-order valence-electron chi connectivity index (χ3n) is 1.82. The van der Waals surface area contributed by atoms with E-state index in [1.54, 1.807) is 0 Å². The summed E-state index contributed by atoms with van der Waals surface area (Å²) in [4.78, 5) is 10.4. The van der Waals surface area contributed by atoms with Crippen molar-refractivity contribution >= 4 is 50.7 Å². The van der Waals surface area contributed by atoms with Gasteiger partial charge in [-0.15, -0.1) is 11.8 Å². The number of nitrogens with zero attached hydrogens (tertiary/aromatic N) is 1. The van der Waals surface area contributed by atoms with Gasteiger partial charge in [-0.25, -0.2) is 13.6 Å². The Bertz CT molecular complexity index is 577. The average molecular weight is 331 g/mol. The monoisotopic (exact) mass is 330 g/mol. The van der Waals surface area contributed by atoms with E-state index in [9.17, 15) is 18.5 Å². The highest BCUT2D eigenvalue weighted by Crippen LogP contribution is 2.36. The molecule has 0 saturated heterocycles. The second-order valence-corrected chi connectivity index (χ2v) is 6.89. The van der Waals surface area contributed by atoms with Gasteiger partial charge in [0, 0.05) is 11.8 Å². The molecule has 0 radical (unpaired) electrons. The molecule has 0 aliphatic carbocycles. The summed E-state index contributed by atoms with van der Waals surface area (Å²) in [6.07, 6.45) is 0. The number of rotatable bonds is 5. The molecule has 1 aromatic carbocycles. The van der Waals surface area contributed by atoms with E-state index >= 15 is 0 Å². The Morgan fingerprint density at radius 2 is 1.89 bits per heavy atom. The fourth-order valence-corrected chi connectivity index (χ4v) is 3.40. The summed E-state index contributed by atoms with van der Waals surface area (Å²) in [6, 6.07) is 2.46. The number of nitrogens with two attached hydrogens (primary N) is 1. The van der Waals surface area contributed by atoms with Crippen LogP contribution >= 0.6 is 35.0 Å². The van der Waals surface area contributed by atoms with Crippen molar-refractivity contribution in [3.8, 4) is 0 Å². The smallest absolute Gasteiger partial charge is 0.258 e. The molecule has 100 valence electrons. The first-order chi connectivity index (χ1) is 8.20. The molecule has 0 aromatic heterocycles. The van der Waals surface area contributed by atoms with E-state index < -0.39 is 14.9 Å². The number of halogens is 2. The van der Waals surface area contributed by atoms with Gasteiger partial charge in [0.1, 0.15) is 0 Å². The molecule has 0 bridgehead atoms. The van der Waals surface area contributed by atoms with Gasteiger partial charge in [0.2, 0.25) is 10.0 Å². The molecule has 0 amide bonds. The van der Waals surface area contributed by atoms with Gasteiger partial charge in [-0.3, -0.25) is 10.1 Å². The Morgan fingerprint density at radius 3 is 2.39 bits per heavy atom. The van der Waals surface area contributed by atoms with Gasteiger partial charge in [-0.1, -0.05) is 23.2 Å². The molecule has 0 aliphatic rings. The lowest BCUT2D eigenvalue weighted by Gasteiger charge is -2.04. The average Bonchev–Trinajstić information content (AvgIpc) is 2.20. The fraction of sp³-hybridized carbons (Fsp3) is 0.250. The summed E-state index contributed by atoms with van der Waals surface area (Å²) < 4.78 is 21.5. The van der Waals surface area contributed by atoms with Crippen LogP contribution in [0, 0.1) is 10.1 Å². The number of nitro groups is 1. The third kappa shape index (κ3) is 4.62. The topological polar surface area (TPSA) is 103 Å². The van der Waals surface area contributed by atoms with Crippen LogP contribution in [0.3, 0.4) is 0 Å². The molecule has 6 nitrogen and oxygen atoms in total. The summed E-state index contributed by atoms with van der Waals surface area (Å²) in [7, 11) is -3.60. The highest BCUT2D eigenvalue weighted by Gasteiger charge is 2.17. The van der Waals surface area contributed by atoms with E-state index in [0.29, 0.717) is 0 Å². The molecule has 1 rings (SSSR count). The summed E-state index contributed by atoms with van der Waals surface area (Å²) in [5, 5.41) is 15.9. The van der Waals surface area contributed by atoms with Crippen molar-refractivity contribution in [2.24, 2.45) is 5.14 Å². The Morgan fingerprint density at radius 1 is 1.33 bits per heavy atom. The molecule has 0 aliphatic heterocycles. The molecule has 0 unspecified atom stereocenters. The van der Waals surface area contributed by atoms with Gasteiger partial charge in [-0.2, -0.15) is 0 Å². The maximum absolute atomic E-state index is 10.8. The summed E-state index contributed by atoms with van der Waals surface area (Å²) in [6.45, 7) is 0. The van der Waals surface area contributed by atoms with E-state index in [1.807, 2.05) is 0 Å². The molecular weight excluding hydrogens is 323 g/mol. The fourth-order valence-electron chi connectivity index (χ4n) is 1.04. The number of primary sulfonamides is 1. The highest BCUT2D eigenvalue weighted by molar-refractivity contribution is 8.00. The van der Waals surface area contributed by atoms with E-state index in [2.05, 4.69) is 0 Å². The van der Waals surface area contributed by atoms with Gasteiger partial charge in [0.05, 0.1) is 25.6 Å². The van der Waals surface area contributed by atoms with Crippen molar-refractivity contribution in [3.05, 3.63) is 32.3 Å². The Kier molecular flexibility index (Phi) is 5.23. The van der Waals surface area contributed by atoms with E-state index in [-0.39, 0.29) is 32.1 Å². The first-order valence-corrected chi connectivity index (χ1v) is 7.93. The Balaban J connectivity index is 2.94. The number of nitro benzene ring substituents is 1. The Labute approximate surface area is 118 Å². The molecule has 0 fully saturated rings. The maximum atomic E-state index is 10.8. The van der Waals surface area contributed by atoms with E-state index in [1.165, 1.54) is 6.07 Å². The number of thioether (sulfide) groups is 1. The molecule has 2 N–H and O–H groups in total. The molecule has 10 heteroatoms. The normalized spacial score (nSPS) is 11.5. The van der Waals surface area contributed by atoms with Gasteiger partial charge in [0.15, 0.2) is 0 Å². The summed E-state index contributed by atoms with van der Waals surface area (Å²) >= 11 is 12.4. The van der Waals surface area contributed by atoms with Gasteiger partial charge in [-0.05, 0) is 6.07 Å². The second-order valence-electron chi connectivity index (χ2n) is 3.21. The minimum atomic E-state index is -3.60. The first kappa shape index (κ1) is 15.5. The third-order valence-corrected chi connectivity index (χ3v) is 4.62. The maximum Gasteiger partial charge on any atom is 0.284 e. The lowest BCUT2D eigenvalue weighted by molar-refractivity contribution is -0.387.